The quantitative estimate of drug-likeness (QED) is 0.640. The molecule has 1 rings (SSSR count). The molecular formula is C9H9N3O2. The molecular weight excluding hydrogens is 182 g/mol. The van der Waals surface area contributed by atoms with E-state index < -0.39 is 11.8 Å². The van der Waals surface area contributed by atoms with Crippen molar-refractivity contribution in [3.8, 4) is 0 Å². The van der Waals surface area contributed by atoms with Crippen LogP contribution in [0, 0.1) is 0 Å². The van der Waals surface area contributed by atoms with Gasteiger partial charge in [0.05, 0.1) is 5.69 Å². The van der Waals surface area contributed by atoms with Crippen LogP contribution in [0.15, 0.2) is 24.3 Å². The lowest BCUT2D eigenvalue weighted by atomic mass is 10.2. The third-order valence-corrected chi connectivity index (χ3v) is 1.44. The van der Waals surface area contributed by atoms with Crippen molar-refractivity contribution in [3.63, 3.8) is 0 Å². The molecule has 72 valence electrons. The van der Waals surface area contributed by atoms with Gasteiger partial charge in [-0.15, -0.1) is 0 Å². The third kappa shape index (κ3) is 2.71. The zero-order valence-electron chi connectivity index (χ0n) is 7.31. The van der Waals surface area contributed by atoms with Gasteiger partial charge in [0, 0.05) is 6.08 Å². The summed E-state index contributed by atoms with van der Waals surface area (Å²) in [6.45, 7) is 0. The van der Waals surface area contributed by atoms with Crippen LogP contribution in [0.1, 0.15) is 16.2 Å². The minimum atomic E-state index is -0.612. The molecule has 0 radical (unpaired) electrons. The lowest BCUT2D eigenvalue weighted by Gasteiger charge is -1.95. The van der Waals surface area contributed by atoms with E-state index in [1.54, 1.807) is 12.1 Å². The van der Waals surface area contributed by atoms with Crippen LogP contribution in [0.4, 0.5) is 0 Å². The van der Waals surface area contributed by atoms with Gasteiger partial charge in [-0.25, -0.2) is 4.98 Å². The zero-order chi connectivity index (χ0) is 10.6. The third-order valence-electron chi connectivity index (χ3n) is 1.44. The fourth-order valence-corrected chi connectivity index (χ4v) is 0.849. The number of pyridine rings is 1. The van der Waals surface area contributed by atoms with E-state index in [4.69, 9.17) is 11.5 Å². The van der Waals surface area contributed by atoms with Crippen LogP contribution in [0.25, 0.3) is 6.08 Å². The number of nitrogens with two attached hydrogens (primary N) is 2. The van der Waals surface area contributed by atoms with Crippen molar-refractivity contribution in [2.45, 2.75) is 0 Å². The summed E-state index contributed by atoms with van der Waals surface area (Å²) in [6, 6.07) is 4.74. The number of hydrogen-bond acceptors (Lipinski definition) is 3. The summed E-state index contributed by atoms with van der Waals surface area (Å²) >= 11 is 0. The summed E-state index contributed by atoms with van der Waals surface area (Å²) in [5, 5.41) is 0. The number of carbonyl (C=O) groups is 2. The maximum atomic E-state index is 10.7. The Morgan fingerprint density at radius 3 is 2.57 bits per heavy atom. The molecule has 5 nitrogen and oxygen atoms in total. The first-order chi connectivity index (χ1) is 6.59. The Labute approximate surface area is 80.4 Å². The molecule has 0 fully saturated rings. The van der Waals surface area contributed by atoms with Crippen molar-refractivity contribution in [1.82, 2.24) is 4.98 Å². The van der Waals surface area contributed by atoms with E-state index >= 15 is 0 Å². The Morgan fingerprint density at radius 1 is 1.29 bits per heavy atom. The molecule has 1 heterocycles. The van der Waals surface area contributed by atoms with E-state index in [0.29, 0.717) is 5.69 Å². The summed E-state index contributed by atoms with van der Waals surface area (Å²) in [7, 11) is 0. The molecule has 0 aliphatic carbocycles. The Hall–Kier alpha value is -2.17. The first-order valence-electron chi connectivity index (χ1n) is 3.84. The van der Waals surface area contributed by atoms with E-state index in [1.807, 2.05) is 0 Å². The molecule has 1 aromatic rings. The van der Waals surface area contributed by atoms with Crippen LogP contribution >= 0.6 is 0 Å². The molecule has 0 atom stereocenters. The van der Waals surface area contributed by atoms with E-state index in [2.05, 4.69) is 4.98 Å². The van der Waals surface area contributed by atoms with Crippen LogP contribution < -0.4 is 11.5 Å². The summed E-state index contributed by atoms with van der Waals surface area (Å²) in [4.78, 5) is 25.0. The number of primary amides is 2. The molecule has 0 saturated carbocycles. The highest BCUT2D eigenvalue weighted by atomic mass is 16.1. The van der Waals surface area contributed by atoms with E-state index in [9.17, 15) is 9.59 Å². The second kappa shape index (κ2) is 4.18. The van der Waals surface area contributed by atoms with Crippen LogP contribution in [-0.4, -0.2) is 16.8 Å². The predicted octanol–water partition coefficient (Wildman–Crippen LogP) is -0.321. The predicted molar refractivity (Wildman–Crippen MR) is 51.0 cm³/mol. The summed E-state index contributed by atoms with van der Waals surface area (Å²) in [6.07, 6.45) is 2.57. The first-order valence-corrected chi connectivity index (χ1v) is 3.84. The topological polar surface area (TPSA) is 99.1 Å². The second-order valence-electron chi connectivity index (χ2n) is 2.55. The van der Waals surface area contributed by atoms with Crippen molar-refractivity contribution in [3.05, 3.63) is 35.7 Å². The molecule has 1 aromatic heterocycles. The Morgan fingerprint density at radius 2 is 2.00 bits per heavy atom. The largest absolute Gasteiger partial charge is 0.366 e. The van der Waals surface area contributed by atoms with Gasteiger partial charge in [0.1, 0.15) is 5.69 Å². The van der Waals surface area contributed by atoms with Crippen molar-refractivity contribution in [2.75, 3.05) is 0 Å². The van der Waals surface area contributed by atoms with Gasteiger partial charge in [-0.3, -0.25) is 9.59 Å². The Balaban J connectivity index is 2.94. The zero-order valence-corrected chi connectivity index (χ0v) is 7.31. The summed E-state index contributed by atoms with van der Waals surface area (Å²) < 4.78 is 0. The molecule has 0 aliphatic heterocycles. The van der Waals surface area contributed by atoms with Crippen LogP contribution in [-0.2, 0) is 4.79 Å². The Bertz CT molecular complexity index is 399. The number of aromatic nitrogens is 1. The van der Waals surface area contributed by atoms with Crippen LogP contribution in [0.5, 0.6) is 0 Å². The second-order valence-corrected chi connectivity index (χ2v) is 2.55. The number of rotatable bonds is 3. The van der Waals surface area contributed by atoms with Gasteiger partial charge in [0.25, 0.3) is 5.91 Å². The van der Waals surface area contributed by atoms with Crippen molar-refractivity contribution >= 4 is 17.9 Å². The normalized spacial score (nSPS) is 10.3. The maximum absolute atomic E-state index is 10.7. The number of nitrogens with zero attached hydrogens (tertiary/aromatic N) is 1. The highest BCUT2D eigenvalue weighted by Gasteiger charge is 2.00. The van der Waals surface area contributed by atoms with Crippen LogP contribution in [0.3, 0.4) is 0 Å². The van der Waals surface area contributed by atoms with Gasteiger partial charge in [0.2, 0.25) is 5.91 Å². The van der Waals surface area contributed by atoms with Gasteiger partial charge < -0.3 is 11.5 Å². The number of hydrogen-bond donors (Lipinski definition) is 2. The monoisotopic (exact) mass is 191 g/mol. The number of amides is 2. The lowest BCUT2D eigenvalue weighted by molar-refractivity contribution is -0.113. The fourth-order valence-electron chi connectivity index (χ4n) is 0.849. The SMILES string of the molecule is NC(=O)C=Cc1cccc(C(N)=O)n1. The standard InChI is InChI=1S/C9H9N3O2/c10-8(13)5-4-6-2-1-3-7(12-6)9(11)14/h1-5H,(H2,10,13)(H2,11,14). The van der Waals surface area contributed by atoms with Crippen molar-refractivity contribution < 1.29 is 9.59 Å². The molecule has 0 bridgehead atoms. The average molecular weight is 191 g/mol. The number of carbonyl (C=O) groups excluding carboxylic acids is 2. The lowest BCUT2D eigenvalue weighted by Crippen LogP contribution is -2.13. The molecule has 0 spiro atoms. The maximum Gasteiger partial charge on any atom is 0.267 e. The minimum Gasteiger partial charge on any atom is -0.366 e. The fraction of sp³-hybridized carbons (Fsp3) is 0. The van der Waals surface area contributed by atoms with Gasteiger partial charge in [-0.2, -0.15) is 0 Å². The van der Waals surface area contributed by atoms with Gasteiger partial charge >= 0.3 is 0 Å². The summed E-state index contributed by atoms with van der Waals surface area (Å²) in [5.41, 5.74) is 10.5. The van der Waals surface area contributed by atoms with E-state index in [0.717, 1.165) is 6.08 Å². The Kier molecular flexibility index (Phi) is 2.96. The molecule has 0 unspecified atom stereocenters. The molecule has 2 amide bonds. The smallest absolute Gasteiger partial charge is 0.267 e. The molecule has 5 heteroatoms. The van der Waals surface area contributed by atoms with Gasteiger partial charge in [-0.05, 0) is 18.2 Å². The molecule has 0 aliphatic rings. The first kappa shape index (κ1) is 9.91. The van der Waals surface area contributed by atoms with E-state index in [1.165, 1.54) is 12.1 Å². The van der Waals surface area contributed by atoms with Gasteiger partial charge in [-0.1, -0.05) is 6.07 Å². The van der Waals surface area contributed by atoms with Crippen LogP contribution in [0.2, 0.25) is 0 Å². The average Bonchev–Trinajstić information content (AvgIpc) is 2.15. The molecule has 14 heavy (non-hydrogen) atoms. The molecule has 0 aromatic carbocycles. The minimum absolute atomic E-state index is 0.150. The van der Waals surface area contributed by atoms with Crippen molar-refractivity contribution in [2.24, 2.45) is 11.5 Å². The highest BCUT2D eigenvalue weighted by molar-refractivity contribution is 5.92. The summed E-state index contributed by atoms with van der Waals surface area (Å²) in [5.74, 6) is -1.18. The van der Waals surface area contributed by atoms with Gasteiger partial charge in [0.15, 0.2) is 0 Å². The highest BCUT2D eigenvalue weighted by Crippen LogP contribution is 2.00. The van der Waals surface area contributed by atoms with Crippen molar-refractivity contribution in [1.29, 1.82) is 0 Å². The molecule has 0 saturated heterocycles. The molecule has 4 N–H and O–H groups in total. The van der Waals surface area contributed by atoms with E-state index in [-0.39, 0.29) is 5.69 Å².